The van der Waals surface area contributed by atoms with Crippen molar-refractivity contribution >= 4 is 5.91 Å². The Kier molecular flexibility index (Phi) is 4.24. The predicted molar refractivity (Wildman–Crippen MR) is 77.9 cm³/mol. The normalized spacial score (nSPS) is 26.3. The molecule has 116 valence electrons. The lowest BCUT2D eigenvalue weighted by atomic mass is 10.0. The van der Waals surface area contributed by atoms with Gasteiger partial charge in [0.15, 0.2) is 0 Å². The van der Waals surface area contributed by atoms with Gasteiger partial charge in [0.05, 0.1) is 18.6 Å². The van der Waals surface area contributed by atoms with Crippen LogP contribution in [0.1, 0.15) is 49.8 Å². The van der Waals surface area contributed by atoms with Crippen molar-refractivity contribution in [2.75, 3.05) is 19.7 Å². The van der Waals surface area contributed by atoms with Crippen LogP contribution in [-0.2, 0) is 9.53 Å². The van der Waals surface area contributed by atoms with E-state index in [1.807, 2.05) is 23.4 Å². The van der Waals surface area contributed by atoms with Crippen LogP contribution in [0.25, 0.3) is 0 Å². The molecule has 0 N–H and O–H groups in total. The summed E-state index contributed by atoms with van der Waals surface area (Å²) in [6.45, 7) is 6.29. The van der Waals surface area contributed by atoms with Gasteiger partial charge in [-0.2, -0.15) is 5.10 Å². The van der Waals surface area contributed by atoms with Crippen molar-refractivity contribution < 1.29 is 9.53 Å². The first kappa shape index (κ1) is 14.5. The van der Waals surface area contributed by atoms with Crippen LogP contribution >= 0.6 is 0 Å². The minimum atomic E-state index is 0.133. The number of carbonyl (C=O) groups excluding carboxylic acids is 1. The molecule has 0 radical (unpaired) electrons. The van der Waals surface area contributed by atoms with Crippen molar-refractivity contribution in [3.63, 3.8) is 0 Å². The van der Waals surface area contributed by atoms with E-state index >= 15 is 0 Å². The molecule has 2 fully saturated rings. The standard InChI is InChI=1S/C15H24N4O2/c1-11-16-12(2)19(17-11)13-5-3-7-18(10-13)15(20)9-14-6-4-8-21-14/h13-14H,3-10H2,1-2H3/t13-,14-/m1/s1. The Bertz CT molecular complexity index is 508. The van der Waals surface area contributed by atoms with Crippen molar-refractivity contribution in [1.82, 2.24) is 19.7 Å². The number of piperidine rings is 1. The second-order valence-electron chi connectivity index (χ2n) is 6.13. The number of hydrogen-bond acceptors (Lipinski definition) is 4. The van der Waals surface area contributed by atoms with Gasteiger partial charge in [0, 0.05) is 19.7 Å². The van der Waals surface area contributed by atoms with Crippen LogP contribution in [0.2, 0.25) is 0 Å². The Labute approximate surface area is 125 Å². The fraction of sp³-hybridized carbons (Fsp3) is 0.800. The lowest BCUT2D eigenvalue weighted by molar-refractivity contribution is -0.135. The van der Waals surface area contributed by atoms with Crippen LogP contribution < -0.4 is 0 Å². The smallest absolute Gasteiger partial charge is 0.225 e. The lowest BCUT2D eigenvalue weighted by Crippen LogP contribution is -2.42. The molecule has 6 heteroatoms. The van der Waals surface area contributed by atoms with Crippen LogP contribution in [0.3, 0.4) is 0 Å². The monoisotopic (exact) mass is 292 g/mol. The number of nitrogens with zero attached hydrogens (tertiary/aromatic N) is 4. The van der Waals surface area contributed by atoms with Crippen LogP contribution in [0.5, 0.6) is 0 Å². The molecule has 2 saturated heterocycles. The highest BCUT2D eigenvalue weighted by Crippen LogP contribution is 2.24. The highest BCUT2D eigenvalue weighted by Gasteiger charge is 2.28. The molecule has 2 aliphatic heterocycles. The van der Waals surface area contributed by atoms with E-state index in [1.54, 1.807) is 0 Å². The molecule has 1 aromatic rings. The Balaban J connectivity index is 1.62. The van der Waals surface area contributed by atoms with Crippen LogP contribution in [0.4, 0.5) is 0 Å². The number of amides is 1. The maximum absolute atomic E-state index is 12.4. The molecule has 0 spiro atoms. The first-order valence-electron chi connectivity index (χ1n) is 7.92. The minimum Gasteiger partial charge on any atom is -0.378 e. The summed E-state index contributed by atoms with van der Waals surface area (Å²) in [6.07, 6.45) is 4.85. The van der Waals surface area contributed by atoms with E-state index in [-0.39, 0.29) is 18.1 Å². The molecule has 21 heavy (non-hydrogen) atoms. The first-order chi connectivity index (χ1) is 10.1. The molecule has 0 aliphatic carbocycles. The number of rotatable bonds is 3. The fourth-order valence-corrected chi connectivity index (χ4v) is 3.39. The van der Waals surface area contributed by atoms with Crippen LogP contribution in [-0.4, -0.2) is 51.4 Å². The van der Waals surface area contributed by atoms with Crippen molar-refractivity contribution in [3.8, 4) is 0 Å². The van der Waals surface area contributed by atoms with Gasteiger partial charge in [-0.15, -0.1) is 0 Å². The van der Waals surface area contributed by atoms with Gasteiger partial charge in [-0.25, -0.2) is 9.67 Å². The SMILES string of the molecule is Cc1nc(C)n([C@@H]2CCCN(C(=O)C[C@H]3CCCO3)C2)n1. The zero-order chi connectivity index (χ0) is 14.8. The van der Waals surface area contributed by atoms with Crippen LogP contribution in [0.15, 0.2) is 0 Å². The van der Waals surface area contributed by atoms with E-state index in [0.29, 0.717) is 6.42 Å². The highest BCUT2D eigenvalue weighted by molar-refractivity contribution is 5.76. The molecular weight excluding hydrogens is 268 g/mol. The minimum absolute atomic E-state index is 0.133. The molecule has 0 aromatic carbocycles. The van der Waals surface area contributed by atoms with Gasteiger partial charge in [-0.1, -0.05) is 0 Å². The quantitative estimate of drug-likeness (QED) is 0.849. The Morgan fingerprint density at radius 3 is 2.86 bits per heavy atom. The molecular formula is C15H24N4O2. The van der Waals surface area contributed by atoms with E-state index in [0.717, 1.165) is 57.0 Å². The van der Waals surface area contributed by atoms with Gasteiger partial charge in [0.1, 0.15) is 11.6 Å². The molecule has 1 amide bonds. The number of carbonyl (C=O) groups is 1. The molecule has 2 atom stereocenters. The third kappa shape index (κ3) is 3.26. The zero-order valence-corrected chi connectivity index (χ0v) is 12.9. The average molecular weight is 292 g/mol. The summed E-state index contributed by atoms with van der Waals surface area (Å²) in [5, 5.41) is 4.47. The van der Waals surface area contributed by atoms with Gasteiger partial charge < -0.3 is 9.64 Å². The van der Waals surface area contributed by atoms with Crippen molar-refractivity contribution in [2.24, 2.45) is 0 Å². The second kappa shape index (κ2) is 6.13. The maximum Gasteiger partial charge on any atom is 0.225 e. The zero-order valence-electron chi connectivity index (χ0n) is 12.9. The maximum atomic E-state index is 12.4. The van der Waals surface area contributed by atoms with E-state index in [1.165, 1.54) is 0 Å². The van der Waals surface area contributed by atoms with Crippen molar-refractivity contribution in [1.29, 1.82) is 0 Å². The van der Waals surface area contributed by atoms with Gasteiger partial charge in [-0.3, -0.25) is 4.79 Å². The third-order valence-corrected chi connectivity index (χ3v) is 4.43. The number of aryl methyl sites for hydroxylation is 2. The molecule has 0 unspecified atom stereocenters. The summed E-state index contributed by atoms with van der Waals surface area (Å²) in [7, 11) is 0. The number of hydrogen-bond donors (Lipinski definition) is 0. The average Bonchev–Trinajstić information content (AvgIpc) is 3.08. The summed E-state index contributed by atoms with van der Waals surface area (Å²) in [4.78, 5) is 18.8. The van der Waals surface area contributed by atoms with E-state index < -0.39 is 0 Å². The molecule has 3 heterocycles. The fourth-order valence-electron chi connectivity index (χ4n) is 3.39. The van der Waals surface area contributed by atoms with Gasteiger partial charge in [0.25, 0.3) is 0 Å². The molecule has 2 aliphatic rings. The second-order valence-corrected chi connectivity index (χ2v) is 6.13. The Hall–Kier alpha value is -1.43. The highest BCUT2D eigenvalue weighted by atomic mass is 16.5. The van der Waals surface area contributed by atoms with Gasteiger partial charge >= 0.3 is 0 Å². The van der Waals surface area contributed by atoms with E-state index in [2.05, 4.69) is 10.1 Å². The molecule has 6 nitrogen and oxygen atoms in total. The summed E-state index contributed by atoms with van der Waals surface area (Å²) in [6, 6.07) is 0.258. The molecule has 0 saturated carbocycles. The number of aromatic nitrogens is 3. The van der Waals surface area contributed by atoms with E-state index in [4.69, 9.17) is 4.74 Å². The largest absolute Gasteiger partial charge is 0.378 e. The summed E-state index contributed by atoms with van der Waals surface area (Å²) < 4.78 is 7.56. The van der Waals surface area contributed by atoms with E-state index in [9.17, 15) is 4.79 Å². The summed E-state index contributed by atoms with van der Waals surface area (Å²) >= 11 is 0. The Morgan fingerprint density at radius 2 is 2.19 bits per heavy atom. The molecule has 0 bridgehead atoms. The van der Waals surface area contributed by atoms with Gasteiger partial charge in [0.2, 0.25) is 5.91 Å². The van der Waals surface area contributed by atoms with Crippen molar-refractivity contribution in [2.45, 2.75) is 58.1 Å². The van der Waals surface area contributed by atoms with Gasteiger partial charge in [-0.05, 0) is 39.5 Å². The topological polar surface area (TPSA) is 60.2 Å². The molecule has 3 rings (SSSR count). The predicted octanol–water partition coefficient (Wildman–Crippen LogP) is 1.63. The molecule has 1 aromatic heterocycles. The Morgan fingerprint density at radius 1 is 1.33 bits per heavy atom. The number of ether oxygens (including phenoxy) is 1. The third-order valence-electron chi connectivity index (χ3n) is 4.43. The van der Waals surface area contributed by atoms with Crippen LogP contribution in [0, 0.1) is 13.8 Å². The first-order valence-corrected chi connectivity index (χ1v) is 7.92. The lowest BCUT2D eigenvalue weighted by Gasteiger charge is -2.33. The van der Waals surface area contributed by atoms with Crippen molar-refractivity contribution in [3.05, 3.63) is 11.6 Å². The number of likely N-dealkylation sites (tertiary alicyclic amines) is 1. The summed E-state index contributed by atoms with van der Waals surface area (Å²) in [5.74, 6) is 1.96. The summed E-state index contributed by atoms with van der Waals surface area (Å²) in [5.41, 5.74) is 0.